The third-order valence-corrected chi connectivity index (χ3v) is 6.40. The summed E-state index contributed by atoms with van der Waals surface area (Å²) in [7, 11) is 0. The molecule has 0 spiro atoms. The SMILES string of the molecule is CC(C)c1cc[c-]c(-c2ccccn2)c1.Cc1[c-]c(-c2cc(C)ccn2)c2oc3cc(C)ccc3c2c1.[Ir]. The van der Waals surface area contributed by atoms with Crippen LogP contribution in [0.15, 0.2) is 89.6 Å². The topological polar surface area (TPSA) is 38.9 Å². The fourth-order valence-corrected chi connectivity index (χ4v) is 4.43. The minimum absolute atomic E-state index is 0. The van der Waals surface area contributed by atoms with Crippen molar-refractivity contribution in [2.45, 2.75) is 40.5 Å². The first-order valence-corrected chi connectivity index (χ1v) is 12.6. The van der Waals surface area contributed by atoms with E-state index in [1.54, 1.807) is 0 Å². The van der Waals surface area contributed by atoms with Crippen molar-refractivity contribution in [2.24, 2.45) is 0 Å². The van der Waals surface area contributed by atoms with Gasteiger partial charge in [-0.25, -0.2) is 0 Å². The summed E-state index contributed by atoms with van der Waals surface area (Å²) in [4.78, 5) is 8.82. The van der Waals surface area contributed by atoms with Crippen LogP contribution in [0, 0.1) is 32.9 Å². The minimum Gasteiger partial charge on any atom is -0.501 e. The first-order valence-electron chi connectivity index (χ1n) is 12.6. The van der Waals surface area contributed by atoms with Crippen LogP contribution in [0.1, 0.15) is 42.0 Å². The molecule has 0 bridgehead atoms. The van der Waals surface area contributed by atoms with Gasteiger partial charge in [-0.2, -0.15) is 0 Å². The summed E-state index contributed by atoms with van der Waals surface area (Å²) in [5.74, 6) is 0.544. The second-order valence-electron chi connectivity index (χ2n) is 9.80. The van der Waals surface area contributed by atoms with Gasteiger partial charge in [0, 0.05) is 37.9 Å². The number of rotatable bonds is 3. The fraction of sp³-hybridized carbons (Fsp3) is 0.176. The summed E-state index contributed by atoms with van der Waals surface area (Å²) in [6.45, 7) is 10.6. The molecule has 3 aromatic heterocycles. The molecular weight excluding hydrogens is 645 g/mol. The molecule has 0 aliphatic rings. The van der Waals surface area contributed by atoms with Crippen LogP contribution in [0.25, 0.3) is 44.5 Å². The maximum atomic E-state index is 6.14. The van der Waals surface area contributed by atoms with Crippen molar-refractivity contribution in [2.75, 3.05) is 0 Å². The Morgan fingerprint density at radius 2 is 1.55 bits per heavy atom. The second kappa shape index (κ2) is 11.9. The number of aromatic nitrogens is 2. The first kappa shape index (κ1) is 27.4. The van der Waals surface area contributed by atoms with E-state index in [0.717, 1.165) is 50.0 Å². The molecule has 0 saturated heterocycles. The Morgan fingerprint density at radius 1 is 0.763 bits per heavy atom. The molecule has 0 atom stereocenters. The van der Waals surface area contributed by atoms with E-state index in [1.807, 2.05) is 42.7 Å². The third kappa shape index (κ3) is 5.93. The van der Waals surface area contributed by atoms with Crippen LogP contribution < -0.4 is 0 Å². The fourth-order valence-electron chi connectivity index (χ4n) is 4.43. The van der Waals surface area contributed by atoms with Gasteiger partial charge < -0.3 is 14.4 Å². The van der Waals surface area contributed by atoms with Crippen molar-refractivity contribution in [1.29, 1.82) is 0 Å². The molecule has 3 nitrogen and oxygen atoms in total. The molecule has 0 aliphatic carbocycles. The molecule has 6 rings (SSSR count). The van der Waals surface area contributed by atoms with Crippen molar-refractivity contribution in [3.63, 3.8) is 0 Å². The van der Waals surface area contributed by atoms with E-state index < -0.39 is 0 Å². The van der Waals surface area contributed by atoms with Gasteiger partial charge >= 0.3 is 0 Å². The van der Waals surface area contributed by atoms with Crippen LogP contribution in [0.5, 0.6) is 0 Å². The third-order valence-electron chi connectivity index (χ3n) is 6.40. The summed E-state index contributed by atoms with van der Waals surface area (Å²) in [5.41, 5.74) is 10.5. The molecule has 193 valence electrons. The van der Waals surface area contributed by atoms with Crippen molar-refractivity contribution in [3.8, 4) is 22.5 Å². The Labute approximate surface area is 238 Å². The van der Waals surface area contributed by atoms with Crippen molar-refractivity contribution >= 4 is 21.9 Å². The van der Waals surface area contributed by atoms with Gasteiger partial charge in [-0.15, -0.1) is 53.1 Å². The number of furan rings is 1. The molecule has 3 heterocycles. The van der Waals surface area contributed by atoms with Gasteiger partial charge in [0.05, 0.1) is 5.58 Å². The normalized spacial score (nSPS) is 10.8. The monoisotopic (exact) mass is 675 g/mol. The molecule has 6 aromatic rings. The zero-order valence-corrected chi connectivity index (χ0v) is 24.7. The van der Waals surface area contributed by atoms with Gasteiger partial charge in [0.2, 0.25) is 0 Å². The Hall–Kier alpha value is -3.59. The number of hydrogen-bond donors (Lipinski definition) is 0. The molecule has 4 heteroatoms. The van der Waals surface area contributed by atoms with Crippen LogP contribution >= 0.6 is 0 Å². The number of fused-ring (bicyclic) bond motifs is 3. The number of hydrogen-bond acceptors (Lipinski definition) is 3. The predicted molar refractivity (Wildman–Crippen MR) is 153 cm³/mol. The minimum atomic E-state index is 0. The zero-order valence-electron chi connectivity index (χ0n) is 22.3. The van der Waals surface area contributed by atoms with E-state index >= 15 is 0 Å². The number of benzene rings is 3. The molecule has 0 amide bonds. The van der Waals surface area contributed by atoms with E-state index in [1.165, 1.54) is 16.7 Å². The Balaban J connectivity index is 0.000000185. The quantitative estimate of drug-likeness (QED) is 0.176. The Bertz CT molecular complexity index is 1690. The van der Waals surface area contributed by atoms with Gasteiger partial charge in [0.25, 0.3) is 0 Å². The number of pyridine rings is 2. The number of nitrogens with zero attached hydrogens (tertiary/aromatic N) is 2. The summed E-state index contributed by atoms with van der Waals surface area (Å²) < 4.78 is 6.14. The van der Waals surface area contributed by atoms with Gasteiger partial charge in [0.15, 0.2) is 0 Å². The maximum Gasteiger partial charge on any atom is 0.121 e. The average molecular weight is 675 g/mol. The van der Waals surface area contributed by atoms with Gasteiger partial charge in [-0.1, -0.05) is 67.6 Å². The predicted octanol–water partition coefficient (Wildman–Crippen LogP) is 9.04. The van der Waals surface area contributed by atoms with E-state index in [4.69, 9.17) is 4.42 Å². The van der Waals surface area contributed by atoms with Crippen LogP contribution in [0.2, 0.25) is 0 Å². The molecule has 3 aromatic carbocycles. The van der Waals surface area contributed by atoms with Crippen molar-refractivity contribution < 1.29 is 24.5 Å². The smallest absolute Gasteiger partial charge is 0.121 e. The molecular formula is C34H30IrN2O-2. The summed E-state index contributed by atoms with van der Waals surface area (Å²) in [5, 5.41) is 2.27. The van der Waals surface area contributed by atoms with Crippen molar-refractivity contribution in [3.05, 3.63) is 120 Å². The Morgan fingerprint density at radius 3 is 2.29 bits per heavy atom. The molecule has 0 fully saturated rings. The van der Waals surface area contributed by atoms with Crippen LogP contribution in [0.4, 0.5) is 0 Å². The number of aryl methyl sites for hydroxylation is 3. The second-order valence-corrected chi connectivity index (χ2v) is 9.80. The van der Waals surface area contributed by atoms with Crippen LogP contribution in [-0.2, 0) is 20.1 Å². The van der Waals surface area contributed by atoms with E-state index in [-0.39, 0.29) is 20.1 Å². The van der Waals surface area contributed by atoms with E-state index in [2.05, 4.69) is 99.2 Å². The summed E-state index contributed by atoms with van der Waals surface area (Å²) >= 11 is 0. The molecule has 0 aliphatic heterocycles. The van der Waals surface area contributed by atoms with Crippen LogP contribution in [-0.4, -0.2) is 9.97 Å². The average Bonchev–Trinajstić information content (AvgIpc) is 3.26. The molecule has 0 saturated carbocycles. The maximum absolute atomic E-state index is 6.14. The van der Waals surface area contributed by atoms with Gasteiger partial charge in [-0.05, 0) is 54.9 Å². The molecule has 1 radical (unpaired) electrons. The summed E-state index contributed by atoms with van der Waals surface area (Å²) in [6, 6.07) is 31.3. The zero-order chi connectivity index (χ0) is 25.9. The van der Waals surface area contributed by atoms with E-state index in [0.29, 0.717) is 5.92 Å². The Kier molecular flexibility index (Phi) is 8.56. The molecule has 0 unspecified atom stereocenters. The van der Waals surface area contributed by atoms with Gasteiger partial charge in [-0.3, -0.25) is 0 Å². The largest absolute Gasteiger partial charge is 0.501 e. The first-order chi connectivity index (χ1) is 17.9. The van der Waals surface area contributed by atoms with Crippen molar-refractivity contribution in [1.82, 2.24) is 9.97 Å². The standard InChI is InChI=1S/C20H16NO.C14H14N.Ir/c1-12-4-5-15-16-8-14(3)9-17(20(16)22-19(15)11-12)18-10-13(2)6-7-21-18;1-11(2)12-6-5-7-13(10-12)14-8-3-4-9-15-14;/h4-8,10-11H,1-3H3;3-6,8-11H,1-2H3;/q2*-1;. The molecule has 0 N–H and O–H groups in total. The van der Waals surface area contributed by atoms with E-state index in [9.17, 15) is 0 Å². The van der Waals surface area contributed by atoms with Crippen LogP contribution in [0.3, 0.4) is 0 Å². The summed E-state index contributed by atoms with van der Waals surface area (Å²) in [6.07, 6.45) is 3.64. The van der Waals surface area contributed by atoms with Gasteiger partial charge in [0.1, 0.15) is 5.58 Å². The molecule has 38 heavy (non-hydrogen) atoms.